The molecule has 74 valence electrons. The van der Waals surface area contributed by atoms with Crippen LogP contribution in [0, 0.1) is 17.8 Å². The van der Waals surface area contributed by atoms with Gasteiger partial charge in [-0.05, 0) is 37.5 Å². The van der Waals surface area contributed by atoms with Crippen LogP contribution < -0.4 is 0 Å². The van der Waals surface area contributed by atoms with Crippen molar-refractivity contribution in [2.75, 3.05) is 6.54 Å². The molecule has 1 heterocycles. The van der Waals surface area contributed by atoms with Gasteiger partial charge in [0.15, 0.2) is 0 Å². The SMILES string of the molecule is C1=CC2CCC3=NCCCC3C2C=C1. The first kappa shape index (κ1) is 8.46. The van der Waals surface area contributed by atoms with Gasteiger partial charge in [-0.1, -0.05) is 24.3 Å². The summed E-state index contributed by atoms with van der Waals surface area (Å²) < 4.78 is 0. The first-order valence-electron chi connectivity index (χ1n) is 5.83. The summed E-state index contributed by atoms with van der Waals surface area (Å²) in [5.74, 6) is 2.36. The van der Waals surface area contributed by atoms with Crippen LogP contribution in [0.5, 0.6) is 0 Å². The molecule has 0 bridgehead atoms. The van der Waals surface area contributed by atoms with Crippen molar-refractivity contribution in [3.8, 4) is 0 Å². The normalized spacial score (nSPS) is 40.0. The third-order valence-electron chi connectivity index (χ3n) is 3.91. The number of fused-ring (bicyclic) bond motifs is 3. The first-order chi connectivity index (χ1) is 6.95. The van der Waals surface area contributed by atoms with Crippen molar-refractivity contribution in [1.82, 2.24) is 0 Å². The number of rotatable bonds is 0. The molecule has 0 saturated heterocycles. The van der Waals surface area contributed by atoms with E-state index in [1.165, 1.54) is 31.4 Å². The Hall–Kier alpha value is -0.850. The van der Waals surface area contributed by atoms with E-state index in [0.29, 0.717) is 0 Å². The lowest BCUT2D eigenvalue weighted by Crippen LogP contribution is -2.36. The van der Waals surface area contributed by atoms with Gasteiger partial charge in [0, 0.05) is 18.2 Å². The van der Waals surface area contributed by atoms with Crippen molar-refractivity contribution in [3.63, 3.8) is 0 Å². The Kier molecular flexibility index (Phi) is 2.04. The van der Waals surface area contributed by atoms with Gasteiger partial charge in [-0.2, -0.15) is 0 Å². The summed E-state index contributed by atoms with van der Waals surface area (Å²) in [6, 6.07) is 0. The molecule has 1 nitrogen and oxygen atoms in total. The second-order valence-corrected chi connectivity index (χ2v) is 4.67. The van der Waals surface area contributed by atoms with E-state index in [1.807, 2.05) is 0 Å². The molecular weight excluding hydrogens is 170 g/mol. The summed E-state index contributed by atoms with van der Waals surface area (Å²) in [6.45, 7) is 1.09. The van der Waals surface area contributed by atoms with Crippen LogP contribution in [-0.4, -0.2) is 12.3 Å². The summed E-state index contributed by atoms with van der Waals surface area (Å²) in [7, 11) is 0. The van der Waals surface area contributed by atoms with Crippen molar-refractivity contribution in [3.05, 3.63) is 24.3 Å². The van der Waals surface area contributed by atoms with Gasteiger partial charge in [0.1, 0.15) is 0 Å². The number of allylic oxidation sites excluding steroid dienone is 4. The number of aliphatic imine (C=N–C) groups is 1. The molecule has 0 aromatic heterocycles. The van der Waals surface area contributed by atoms with Gasteiger partial charge in [-0.25, -0.2) is 0 Å². The monoisotopic (exact) mass is 187 g/mol. The predicted octanol–water partition coefficient (Wildman–Crippen LogP) is 2.99. The lowest BCUT2D eigenvalue weighted by Gasteiger charge is -2.39. The molecule has 3 rings (SSSR count). The molecule has 1 saturated carbocycles. The molecule has 1 aliphatic heterocycles. The van der Waals surface area contributed by atoms with Gasteiger partial charge < -0.3 is 0 Å². The van der Waals surface area contributed by atoms with E-state index in [0.717, 1.165) is 24.3 Å². The van der Waals surface area contributed by atoms with Crippen LogP contribution in [0.2, 0.25) is 0 Å². The predicted molar refractivity (Wildman–Crippen MR) is 59.5 cm³/mol. The summed E-state index contributed by atoms with van der Waals surface area (Å²) >= 11 is 0. The van der Waals surface area contributed by atoms with E-state index >= 15 is 0 Å². The molecule has 0 aromatic rings. The van der Waals surface area contributed by atoms with Gasteiger partial charge >= 0.3 is 0 Å². The van der Waals surface area contributed by atoms with E-state index < -0.39 is 0 Å². The highest BCUT2D eigenvalue weighted by atomic mass is 14.8. The molecule has 2 aliphatic carbocycles. The van der Waals surface area contributed by atoms with Crippen molar-refractivity contribution in [2.24, 2.45) is 22.7 Å². The van der Waals surface area contributed by atoms with Crippen molar-refractivity contribution in [2.45, 2.75) is 25.7 Å². The summed E-state index contributed by atoms with van der Waals surface area (Å²) in [6.07, 6.45) is 14.5. The Bertz CT molecular complexity index is 311. The Morgan fingerprint density at radius 1 is 1.14 bits per heavy atom. The highest BCUT2D eigenvalue weighted by molar-refractivity contribution is 5.88. The highest BCUT2D eigenvalue weighted by Crippen LogP contribution is 2.40. The molecule has 0 spiro atoms. The van der Waals surface area contributed by atoms with E-state index in [9.17, 15) is 0 Å². The van der Waals surface area contributed by atoms with Gasteiger partial charge in [0.05, 0.1) is 0 Å². The van der Waals surface area contributed by atoms with E-state index in [2.05, 4.69) is 24.3 Å². The number of hydrogen-bond donors (Lipinski definition) is 0. The fourth-order valence-corrected chi connectivity index (χ4v) is 3.20. The van der Waals surface area contributed by atoms with Crippen molar-refractivity contribution >= 4 is 5.71 Å². The molecule has 1 fully saturated rings. The van der Waals surface area contributed by atoms with Crippen molar-refractivity contribution < 1.29 is 0 Å². The van der Waals surface area contributed by atoms with Crippen molar-refractivity contribution in [1.29, 1.82) is 0 Å². The topological polar surface area (TPSA) is 12.4 Å². The van der Waals surface area contributed by atoms with Crippen LogP contribution in [0.4, 0.5) is 0 Å². The maximum Gasteiger partial charge on any atom is 0.0389 e. The van der Waals surface area contributed by atoms with Crippen LogP contribution in [-0.2, 0) is 0 Å². The number of hydrogen-bond acceptors (Lipinski definition) is 1. The standard InChI is InChI=1S/C13H17N/c1-2-5-11-10(4-1)7-8-13-12(11)6-3-9-14-13/h1-2,4-5,10-12H,3,6-9H2. The maximum atomic E-state index is 4.70. The van der Waals surface area contributed by atoms with E-state index in [-0.39, 0.29) is 0 Å². The zero-order chi connectivity index (χ0) is 9.38. The molecule has 3 aliphatic rings. The Labute approximate surface area is 85.6 Å². The molecule has 0 amide bonds. The smallest absolute Gasteiger partial charge is 0.0389 e. The molecule has 0 N–H and O–H groups in total. The third-order valence-corrected chi connectivity index (χ3v) is 3.91. The average Bonchev–Trinajstić information content (AvgIpc) is 2.29. The van der Waals surface area contributed by atoms with E-state index in [1.54, 1.807) is 0 Å². The van der Waals surface area contributed by atoms with Crippen LogP contribution in [0.3, 0.4) is 0 Å². The molecule has 14 heavy (non-hydrogen) atoms. The maximum absolute atomic E-state index is 4.70. The first-order valence-corrected chi connectivity index (χ1v) is 5.83. The van der Waals surface area contributed by atoms with Crippen LogP contribution in [0.1, 0.15) is 25.7 Å². The Balaban J connectivity index is 1.90. The minimum Gasteiger partial charge on any atom is -0.294 e. The molecule has 3 atom stereocenters. The van der Waals surface area contributed by atoms with Gasteiger partial charge in [-0.15, -0.1) is 0 Å². The zero-order valence-corrected chi connectivity index (χ0v) is 8.52. The lowest BCUT2D eigenvalue weighted by atomic mass is 9.67. The Morgan fingerprint density at radius 2 is 2.07 bits per heavy atom. The largest absolute Gasteiger partial charge is 0.294 e. The second kappa shape index (κ2) is 3.38. The molecule has 0 aromatic carbocycles. The van der Waals surface area contributed by atoms with Crippen LogP contribution in [0.25, 0.3) is 0 Å². The zero-order valence-electron chi connectivity index (χ0n) is 8.52. The molecule has 3 unspecified atom stereocenters. The molecule has 0 radical (unpaired) electrons. The summed E-state index contributed by atoms with van der Waals surface area (Å²) in [5, 5.41) is 0. The highest BCUT2D eigenvalue weighted by Gasteiger charge is 2.35. The minimum atomic E-state index is 0.771. The van der Waals surface area contributed by atoms with Gasteiger partial charge in [0.25, 0.3) is 0 Å². The lowest BCUT2D eigenvalue weighted by molar-refractivity contribution is 0.313. The molecule has 1 heteroatoms. The summed E-state index contributed by atoms with van der Waals surface area (Å²) in [4.78, 5) is 4.70. The second-order valence-electron chi connectivity index (χ2n) is 4.67. The average molecular weight is 187 g/mol. The fraction of sp³-hybridized carbons (Fsp3) is 0.615. The number of nitrogens with zero attached hydrogens (tertiary/aromatic N) is 1. The fourth-order valence-electron chi connectivity index (χ4n) is 3.20. The van der Waals surface area contributed by atoms with Crippen LogP contribution >= 0.6 is 0 Å². The van der Waals surface area contributed by atoms with Gasteiger partial charge in [-0.3, -0.25) is 4.99 Å². The quantitative estimate of drug-likeness (QED) is 0.553. The Morgan fingerprint density at radius 3 is 3.07 bits per heavy atom. The minimum absolute atomic E-state index is 0.771. The summed E-state index contributed by atoms with van der Waals surface area (Å²) in [5.41, 5.74) is 1.53. The van der Waals surface area contributed by atoms with E-state index in [4.69, 9.17) is 4.99 Å². The van der Waals surface area contributed by atoms with Gasteiger partial charge in [0.2, 0.25) is 0 Å². The molecular formula is C13H17N. The van der Waals surface area contributed by atoms with Crippen LogP contribution in [0.15, 0.2) is 29.3 Å². The third kappa shape index (κ3) is 1.26.